The first-order valence-corrected chi connectivity index (χ1v) is 7.69. The lowest BCUT2D eigenvalue weighted by Gasteiger charge is -2.19. The summed E-state index contributed by atoms with van der Waals surface area (Å²) in [6.07, 6.45) is 3.81. The number of fused-ring (bicyclic) bond motifs is 1. The lowest BCUT2D eigenvalue weighted by atomic mass is 10.1. The van der Waals surface area contributed by atoms with Crippen LogP contribution in [-0.4, -0.2) is 33.9 Å². The molecule has 0 unspecified atom stereocenters. The number of hydrogen-bond acceptors (Lipinski definition) is 5. The van der Waals surface area contributed by atoms with Gasteiger partial charge in [-0.1, -0.05) is 6.07 Å². The largest absolute Gasteiger partial charge is 0.490 e. The van der Waals surface area contributed by atoms with Crippen molar-refractivity contribution in [3.63, 3.8) is 0 Å². The third kappa shape index (κ3) is 3.44. The van der Waals surface area contributed by atoms with Crippen LogP contribution in [0.2, 0.25) is 0 Å². The SMILES string of the molecule is C[C@H](C(=O)N[C@H](C)c1ccc2c(c1)OCCCO2)n1cncn1. The molecule has 7 nitrogen and oxygen atoms in total. The predicted octanol–water partition coefficient (Wildman–Crippen LogP) is 1.88. The van der Waals surface area contributed by atoms with Crippen molar-refractivity contribution in [1.82, 2.24) is 20.1 Å². The van der Waals surface area contributed by atoms with Gasteiger partial charge in [-0.15, -0.1) is 0 Å². The normalized spacial score (nSPS) is 16.3. The molecule has 1 aliphatic heterocycles. The zero-order valence-corrected chi connectivity index (χ0v) is 13.2. The van der Waals surface area contributed by atoms with Crippen molar-refractivity contribution < 1.29 is 14.3 Å². The first-order chi connectivity index (χ1) is 11.1. The summed E-state index contributed by atoms with van der Waals surface area (Å²) in [6, 6.07) is 5.19. The Morgan fingerprint density at radius 1 is 1.26 bits per heavy atom. The van der Waals surface area contributed by atoms with Gasteiger partial charge in [-0.25, -0.2) is 9.67 Å². The third-order valence-corrected chi connectivity index (χ3v) is 3.84. The Hall–Kier alpha value is -2.57. The van der Waals surface area contributed by atoms with E-state index >= 15 is 0 Å². The Bertz CT molecular complexity index is 672. The van der Waals surface area contributed by atoms with Crippen LogP contribution in [-0.2, 0) is 4.79 Å². The molecule has 0 fully saturated rings. The van der Waals surface area contributed by atoms with Crippen LogP contribution in [0, 0.1) is 0 Å². The number of rotatable bonds is 4. The smallest absolute Gasteiger partial charge is 0.245 e. The highest BCUT2D eigenvalue weighted by Crippen LogP contribution is 2.32. The molecule has 1 aliphatic rings. The fraction of sp³-hybridized carbons (Fsp3) is 0.438. The molecule has 0 saturated carbocycles. The van der Waals surface area contributed by atoms with Gasteiger partial charge in [0.1, 0.15) is 18.7 Å². The topological polar surface area (TPSA) is 78.3 Å². The molecule has 2 heterocycles. The average Bonchev–Trinajstić information content (AvgIpc) is 2.99. The fourth-order valence-electron chi connectivity index (χ4n) is 2.40. The van der Waals surface area contributed by atoms with Gasteiger partial charge in [0.2, 0.25) is 5.91 Å². The van der Waals surface area contributed by atoms with E-state index in [9.17, 15) is 4.79 Å². The summed E-state index contributed by atoms with van der Waals surface area (Å²) in [5, 5.41) is 6.98. The molecule has 0 saturated heterocycles. The summed E-state index contributed by atoms with van der Waals surface area (Å²) in [5.74, 6) is 1.36. The molecule has 0 aliphatic carbocycles. The summed E-state index contributed by atoms with van der Waals surface area (Å²) in [4.78, 5) is 16.2. The van der Waals surface area contributed by atoms with Crippen molar-refractivity contribution in [2.24, 2.45) is 0 Å². The van der Waals surface area contributed by atoms with Gasteiger partial charge in [0.05, 0.1) is 19.3 Å². The Balaban J connectivity index is 1.69. The monoisotopic (exact) mass is 316 g/mol. The Morgan fingerprint density at radius 3 is 2.78 bits per heavy atom. The molecule has 1 N–H and O–H groups in total. The highest BCUT2D eigenvalue weighted by atomic mass is 16.5. The van der Waals surface area contributed by atoms with Crippen LogP contribution in [0.15, 0.2) is 30.9 Å². The molecule has 1 aromatic carbocycles. The second kappa shape index (κ2) is 6.68. The standard InChI is InChI=1S/C16H20N4O3/c1-11(19-16(21)12(2)20-10-17-9-18-20)13-4-5-14-15(8-13)23-7-3-6-22-14/h4-5,8-12H,3,6-7H2,1-2H3,(H,19,21)/t11-,12-/m1/s1. The highest BCUT2D eigenvalue weighted by molar-refractivity contribution is 5.80. The van der Waals surface area contributed by atoms with Crippen molar-refractivity contribution >= 4 is 5.91 Å². The highest BCUT2D eigenvalue weighted by Gasteiger charge is 2.19. The zero-order chi connectivity index (χ0) is 16.2. The van der Waals surface area contributed by atoms with Gasteiger partial charge in [-0.2, -0.15) is 5.10 Å². The van der Waals surface area contributed by atoms with Gasteiger partial charge < -0.3 is 14.8 Å². The van der Waals surface area contributed by atoms with E-state index in [0.717, 1.165) is 23.5 Å². The maximum atomic E-state index is 12.3. The predicted molar refractivity (Wildman–Crippen MR) is 83.3 cm³/mol. The van der Waals surface area contributed by atoms with E-state index in [1.807, 2.05) is 25.1 Å². The van der Waals surface area contributed by atoms with Gasteiger partial charge in [0.25, 0.3) is 0 Å². The van der Waals surface area contributed by atoms with Crippen LogP contribution < -0.4 is 14.8 Å². The Morgan fingerprint density at radius 2 is 2.04 bits per heavy atom. The molecular formula is C16H20N4O3. The first-order valence-electron chi connectivity index (χ1n) is 7.69. The number of nitrogens with zero attached hydrogens (tertiary/aromatic N) is 3. The van der Waals surface area contributed by atoms with Crippen molar-refractivity contribution in [2.75, 3.05) is 13.2 Å². The Labute approximate surface area is 134 Å². The number of carbonyl (C=O) groups excluding carboxylic acids is 1. The molecule has 2 aromatic rings. The second-order valence-corrected chi connectivity index (χ2v) is 5.54. The van der Waals surface area contributed by atoms with Gasteiger partial charge in [0, 0.05) is 6.42 Å². The average molecular weight is 316 g/mol. The van der Waals surface area contributed by atoms with Crippen LogP contribution in [0.4, 0.5) is 0 Å². The summed E-state index contributed by atoms with van der Waals surface area (Å²) in [6.45, 7) is 5.02. The number of aromatic nitrogens is 3. The first kappa shape index (κ1) is 15.3. The van der Waals surface area contributed by atoms with Crippen molar-refractivity contribution in [1.29, 1.82) is 0 Å². The summed E-state index contributed by atoms with van der Waals surface area (Å²) < 4.78 is 12.8. The minimum atomic E-state index is -0.416. The van der Waals surface area contributed by atoms with E-state index in [-0.39, 0.29) is 11.9 Å². The molecule has 1 amide bonds. The van der Waals surface area contributed by atoms with Gasteiger partial charge >= 0.3 is 0 Å². The van der Waals surface area contributed by atoms with E-state index < -0.39 is 6.04 Å². The second-order valence-electron chi connectivity index (χ2n) is 5.54. The van der Waals surface area contributed by atoms with E-state index in [1.54, 1.807) is 6.92 Å². The van der Waals surface area contributed by atoms with E-state index in [0.29, 0.717) is 13.2 Å². The van der Waals surface area contributed by atoms with Crippen molar-refractivity contribution in [2.45, 2.75) is 32.4 Å². The number of carbonyl (C=O) groups is 1. The molecule has 0 radical (unpaired) electrons. The number of amides is 1. The van der Waals surface area contributed by atoms with Crippen LogP contribution in [0.25, 0.3) is 0 Å². The molecule has 1 aromatic heterocycles. The van der Waals surface area contributed by atoms with Gasteiger partial charge in [0.15, 0.2) is 11.5 Å². The van der Waals surface area contributed by atoms with E-state index in [4.69, 9.17) is 9.47 Å². The summed E-state index contributed by atoms with van der Waals surface area (Å²) >= 11 is 0. The lowest BCUT2D eigenvalue weighted by Crippen LogP contribution is -2.33. The van der Waals surface area contributed by atoms with Crippen molar-refractivity contribution in [3.8, 4) is 11.5 Å². The number of nitrogens with one attached hydrogen (secondary N) is 1. The minimum Gasteiger partial charge on any atom is -0.490 e. The summed E-state index contributed by atoms with van der Waals surface area (Å²) in [5.41, 5.74) is 0.966. The molecule has 7 heteroatoms. The van der Waals surface area contributed by atoms with Crippen LogP contribution in [0.3, 0.4) is 0 Å². The number of hydrogen-bond donors (Lipinski definition) is 1. The van der Waals surface area contributed by atoms with E-state index in [2.05, 4.69) is 15.4 Å². The Kier molecular flexibility index (Phi) is 4.45. The lowest BCUT2D eigenvalue weighted by molar-refractivity contribution is -0.124. The number of benzene rings is 1. The maximum Gasteiger partial charge on any atom is 0.245 e. The molecular weight excluding hydrogens is 296 g/mol. The van der Waals surface area contributed by atoms with Crippen molar-refractivity contribution in [3.05, 3.63) is 36.4 Å². The number of ether oxygens (including phenoxy) is 2. The quantitative estimate of drug-likeness (QED) is 0.932. The summed E-state index contributed by atoms with van der Waals surface area (Å²) in [7, 11) is 0. The van der Waals surface area contributed by atoms with E-state index in [1.165, 1.54) is 17.3 Å². The molecule has 122 valence electrons. The zero-order valence-electron chi connectivity index (χ0n) is 13.2. The third-order valence-electron chi connectivity index (χ3n) is 3.84. The molecule has 0 spiro atoms. The minimum absolute atomic E-state index is 0.116. The van der Waals surface area contributed by atoms with Crippen LogP contribution >= 0.6 is 0 Å². The molecule has 2 atom stereocenters. The fourth-order valence-corrected chi connectivity index (χ4v) is 2.40. The van der Waals surface area contributed by atoms with Gasteiger partial charge in [-0.3, -0.25) is 4.79 Å². The molecule has 0 bridgehead atoms. The van der Waals surface area contributed by atoms with Gasteiger partial charge in [-0.05, 0) is 31.5 Å². The van der Waals surface area contributed by atoms with Crippen LogP contribution in [0.5, 0.6) is 11.5 Å². The maximum absolute atomic E-state index is 12.3. The molecule has 23 heavy (non-hydrogen) atoms. The van der Waals surface area contributed by atoms with Crippen LogP contribution in [0.1, 0.15) is 37.9 Å². The molecule has 3 rings (SSSR count).